The van der Waals surface area contributed by atoms with Gasteiger partial charge in [0.25, 0.3) is 0 Å². The minimum absolute atomic E-state index is 0. The molecule has 0 spiro atoms. The van der Waals surface area contributed by atoms with Crippen molar-refractivity contribution in [3.63, 3.8) is 0 Å². The number of hydrogen-bond acceptors (Lipinski definition) is 5. The van der Waals surface area contributed by atoms with E-state index in [2.05, 4.69) is 11.1 Å². The molecule has 0 fully saturated rings. The summed E-state index contributed by atoms with van der Waals surface area (Å²) in [7, 11) is -3.84. The van der Waals surface area contributed by atoms with Crippen molar-refractivity contribution >= 4 is 67.5 Å². The Kier molecular flexibility index (Phi) is 17.8. The van der Waals surface area contributed by atoms with Crippen LogP contribution in [0.4, 0.5) is 0 Å². The van der Waals surface area contributed by atoms with Gasteiger partial charge < -0.3 is 9.92 Å². The van der Waals surface area contributed by atoms with E-state index in [9.17, 15) is 13.2 Å². The normalized spacial score (nSPS) is 12.5. The molecule has 0 aliphatic carbocycles. The molecule has 0 aliphatic heterocycles. The van der Waals surface area contributed by atoms with Crippen molar-refractivity contribution in [2.24, 2.45) is 5.73 Å². The van der Waals surface area contributed by atoms with Crippen molar-refractivity contribution in [1.29, 1.82) is 0 Å². The van der Waals surface area contributed by atoms with Gasteiger partial charge in [0.05, 0.1) is 0 Å². The second kappa shape index (κ2) is 15.5. The van der Waals surface area contributed by atoms with Gasteiger partial charge in [-0.1, -0.05) is 58.3 Å². The standard InChI is InChI=1S/C15H31NO4S.K.H/c1-3-4-5-6-7-8-9-10-11-12-15(17)20-21(18,19)14(2)13-16;;/h14H,3-13,16H2,1-2H3;;. The zero-order chi connectivity index (χ0) is 16.1. The summed E-state index contributed by atoms with van der Waals surface area (Å²) in [5.74, 6) is -0.668. The van der Waals surface area contributed by atoms with Gasteiger partial charge in [-0.3, -0.25) is 4.79 Å². The second-order valence-corrected chi connectivity index (χ2v) is 7.53. The Bertz CT molecular complexity index is 374. The molecular weight excluding hydrogens is 329 g/mol. The van der Waals surface area contributed by atoms with Gasteiger partial charge in [0.15, 0.2) is 0 Å². The summed E-state index contributed by atoms with van der Waals surface area (Å²) in [4.78, 5) is 11.4. The zero-order valence-electron chi connectivity index (χ0n) is 13.5. The van der Waals surface area contributed by atoms with Crippen LogP contribution in [0.15, 0.2) is 0 Å². The summed E-state index contributed by atoms with van der Waals surface area (Å²) < 4.78 is 27.5. The second-order valence-electron chi connectivity index (χ2n) is 5.57. The third-order valence-corrected chi connectivity index (χ3v) is 5.11. The third-order valence-electron chi connectivity index (χ3n) is 3.52. The third kappa shape index (κ3) is 13.5. The van der Waals surface area contributed by atoms with Crippen molar-refractivity contribution in [2.45, 2.75) is 83.3 Å². The number of carbonyl (C=O) groups is 1. The molecule has 0 saturated heterocycles. The summed E-state index contributed by atoms with van der Waals surface area (Å²) >= 11 is 0. The number of hydrogen-bond donors (Lipinski definition) is 1. The topological polar surface area (TPSA) is 86.5 Å². The Hall–Kier alpha value is 1.02. The van der Waals surface area contributed by atoms with E-state index in [4.69, 9.17) is 5.73 Å². The van der Waals surface area contributed by atoms with Crippen molar-refractivity contribution in [2.75, 3.05) is 6.54 Å². The molecule has 128 valence electrons. The van der Waals surface area contributed by atoms with Crippen LogP contribution in [-0.2, 0) is 19.1 Å². The van der Waals surface area contributed by atoms with E-state index in [0.29, 0.717) is 6.42 Å². The Morgan fingerprint density at radius 3 is 1.91 bits per heavy atom. The molecule has 0 bridgehead atoms. The molecular formula is C15H32KNO4S. The van der Waals surface area contributed by atoms with E-state index in [1.54, 1.807) is 0 Å². The summed E-state index contributed by atoms with van der Waals surface area (Å²) in [5, 5.41) is -0.843. The van der Waals surface area contributed by atoms with Crippen LogP contribution in [0.25, 0.3) is 0 Å². The van der Waals surface area contributed by atoms with E-state index in [1.165, 1.54) is 45.4 Å². The van der Waals surface area contributed by atoms with E-state index < -0.39 is 21.3 Å². The summed E-state index contributed by atoms with van der Waals surface area (Å²) in [5.41, 5.74) is 5.26. The van der Waals surface area contributed by atoms with Gasteiger partial charge >= 0.3 is 67.5 Å². The number of rotatable bonds is 13. The first-order valence-corrected chi connectivity index (χ1v) is 9.57. The fourth-order valence-corrected chi connectivity index (χ4v) is 2.69. The minimum atomic E-state index is -3.84. The summed E-state index contributed by atoms with van der Waals surface area (Å²) in [6.45, 7) is 3.59. The van der Waals surface area contributed by atoms with E-state index in [1.807, 2.05) is 0 Å². The fourth-order valence-electron chi connectivity index (χ4n) is 1.95. The molecule has 2 N–H and O–H groups in total. The fraction of sp³-hybridized carbons (Fsp3) is 0.933. The van der Waals surface area contributed by atoms with E-state index in [0.717, 1.165) is 12.8 Å². The van der Waals surface area contributed by atoms with Gasteiger partial charge in [-0.2, -0.15) is 8.42 Å². The van der Waals surface area contributed by atoms with Gasteiger partial charge in [0.1, 0.15) is 5.25 Å². The van der Waals surface area contributed by atoms with Gasteiger partial charge in [-0.05, 0) is 13.3 Å². The predicted molar refractivity (Wildman–Crippen MR) is 92.5 cm³/mol. The molecule has 0 rings (SSSR count). The van der Waals surface area contributed by atoms with Crippen LogP contribution in [0.3, 0.4) is 0 Å². The van der Waals surface area contributed by atoms with Crippen LogP contribution in [0.5, 0.6) is 0 Å². The SMILES string of the molecule is CCCCCCCCCCCC(=O)OS(=O)(=O)C(C)CN.[KH]. The maximum atomic E-state index is 11.5. The van der Waals surface area contributed by atoms with Crippen LogP contribution in [0, 0.1) is 0 Å². The molecule has 0 amide bonds. The molecule has 0 aliphatic rings. The van der Waals surface area contributed by atoms with Gasteiger partial charge in [0, 0.05) is 13.0 Å². The first-order valence-electron chi connectivity index (χ1n) is 8.10. The van der Waals surface area contributed by atoms with E-state index in [-0.39, 0.29) is 64.4 Å². The summed E-state index contributed by atoms with van der Waals surface area (Å²) in [6.07, 6.45) is 10.4. The number of carbonyl (C=O) groups excluding carboxylic acids is 1. The molecule has 5 nitrogen and oxygen atoms in total. The molecule has 0 radical (unpaired) electrons. The molecule has 1 unspecified atom stereocenters. The Morgan fingerprint density at radius 2 is 1.45 bits per heavy atom. The van der Waals surface area contributed by atoms with E-state index >= 15 is 0 Å². The van der Waals surface area contributed by atoms with Gasteiger partial charge in [-0.15, -0.1) is 0 Å². The maximum absolute atomic E-state index is 11.5. The molecule has 0 aromatic carbocycles. The molecule has 0 aromatic heterocycles. The van der Waals surface area contributed by atoms with Crippen molar-refractivity contribution in [3.05, 3.63) is 0 Å². The molecule has 0 saturated carbocycles. The molecule has 7 heteroatoms. The Labute approximate surface area is 178 Å². The molecule has 22 heavy (non-hydrogen) atoms. The Morgan fingerprint density at radius 1 is 1.00 bits per heavy atom. The van der Waals surface area contributed by atoms with Crippen LogP contribution >= 0.6 is 0 Å². The van der Waals surface area contributed by atoms with Crippen molar-refractivity contribution < 1.29 is 17.4 Å². The predicted octanol–water partition coefficient (Wildman–Crippen LogP) is 2.48. The quantitative estimate of drug-likeness (QED) is 0.309. The van der Waals surface area contributed by atoms with Crippen LogP contribution < -0.4 is 5.73 Å². The van der Waals surface area contributed by atoms with Gasteiger partial charge in [0.2, 0.25) is 0 Å². The first kappa shape index (κ1) is 25.3. The van der Waals surface area contributed by atoms with Crippen LogP contribution in [0.1, 0.15) is 78.1 Å². The molecule has 0 aromatic rings. The first-order chi connectivity index (χ1) is 9.94. The average molecular weight is 362 g/mol. The van der Waals surface area contributed by atoms with Gasteiger partial charge in [-0.25, -0.2) is 0 Å². The molecule has 1 atom stereocenters. The number of unbranched alkanes of at least 4 members (excludes halogenated alkanes) is 8. The monoisotopic (exact) mass is 361 g/mol. The van der Waals surface area contributed by atoms with Crippen molar-refractivity contribution in [1.82, 2.24) is 0 Å². The van der Waals surface area contributed by atoms with Crippen molar-refractivity contribution in [3.8, 4) is 0 Å². The van der Waals surface area contributed by atoms with Crippen LogP contribution in [0.2, 0.25) is 0 Å². The average Bonchev–Trinajstić information content (AvgIpc) is 2.44. The summed E-state index contributed by atoms with van der Waals surface area (Å²) in [6, 6.07) is 0. The van der Waals surface area contributed by atoms with Crippen LogP contribution in [-0.4, -0.2) is 77.6 Å². The zero-order valence-corrected chi connectivity index (χ0v) is 14.3. The number of nitrogens with two attached hydrogens (primary N) is 1. The Balaban J connectivity index is 0. The molecule has 0 heterocycles.